The van der Waals surface area contributed by atoms with Gasteiger partial charge in [-0.2, -0.15) is 5.10 Å². The molecule has 0 bridgehead atoms. The number of hydrogen-bond acceptors (Lipinski definition) is 6. The molecule has 3 aromatic heterocycles. The van der Waals surface area contributed by atoms with Crippen LogP contribution in [0.5, 0.6) is 0 Å². The van der Waals surface area contributed by atoms with Crippen LogP contribution >= 0.6 is 0 Å². The molecule has 1 aromatic carbocycles. The van der Waals surface area contributed by atoms with Crippen molar-refractivity contribution in [1.82, 2.24) is 14.2 Å². The van der Waals surface area contributed by atoms with Gasteiger partial charge in [0.2, 0.25) is 0 Å². The molecule has 0 radical (unpaired) electrons. The number of rotatable bonds is 4. The first-order valence-electron chi connectivity index (χ1n) is 12.1. The van der Waals surface area contributed by atoms with Crippen LogP contribution in [-0.4, -0.2) is 56.6 Å². The molecule has 1 aliphatic heterocycles. The lowest BCUT2D eigenvalue weighted by molar-refractivity contribution is 0.0570. The zero-order valence-corrected chi connectivity index (χ0v) is 21.6. The first kappa shape index (κ1) is 25.2. The summed E-state index contributed by atoms with van der Waals surface area (Å²) in [6, 6.07) is 7.96. The number of fused-ring (bicyclic) bond motifs is 1. The molecule has 5 rings (SSSR count). The number of halogens is 1. The molecule has 198 valence electrons. The largest absolute Gasteiger partial charge is 0.478 e. The van der Waals surface area contributed by atoms with Crippen molar-refractivity contribution in [3.05, 3.63) is 53.5 Å². The Morgan fingerprint density at radius 3 is 2.55 bits per heavy atom. The fourth-order valence-corrected chi connectivity index (χ4v) is 4.96. The van der Waals surface area contributed by atoms with Gasteiger partial charge in [0.15, 0.2) is 5.82 Å². The number of esters is 1. The smallest absolute Gasteiger partial charge is 0.414 e. The van der Waals surface area contributed by atoms with Gasteiger partial charge in [-0.3, -0.25) is 4.90 Å². The van der Waals surface area contributed by atoms with Crippen LogP contribution in [0.15, 0.2) is 36.5 Å². The normalized spacial score (nSPS) is 15.2. The minimum Gasteiger partial charge on any atom is -0.478 e. The van der Waals surface area contributed by atoms with Crippen LogP contribution in [0.3, 0.4) is 0 Å². The Hall–Kier alpha value is -4.41. The predicted molar refractivity (Wildman–Crippen MR) is 137 cm³/mol. The second-order valence-electron chi connectivity index (χ2n) is 10.2. The van der Waals surface area contributed by atoms with Gasteiger partial charge in [0, 0.05) is 11.6 Å². The topological polar surface area (TPSA) is 115 Å². The predicted octanol–water partition coefficient (Wildman–Crippen LogP) is 5.29. The summed E-state index contributed by atoms with van der Waals surface area (Å²) in [5.74, 6) is -3.05. The number of carboxylic acid groups (broad SMARTS) is 1. The molecule has 10 nitrogen and oxygen atoms in total. The third-order valence-electron chi connectivity index (χ3n) is 6.53. The summed E-state index contributed by atoms with van der Waals surface area (Å²) in [6.45, 7) is 7.70. The van der Waals surface area contributed by atoms with Gasteiger partial charge in [0.25, 0.3) is 0 Å². The second kappa shape index (κ2) is 8.86. The summed E-state index contributed by atoms with van der Waals surface area (Å²) in [5.41, 5.74) is 0.738. The Kier molecular flexibility index (Phi) is 5.89. The highest BCUT2D eigenvalue weighted by molar-refractivity contribution is 6.07. The monoisotopic (exact) mass is 522 g/mol. The van der Waals surface area contributed by atoms with Gasteiger partial charge in [0.05, 0.1) is 42.2 Å². The number of para-hydroxylation sites is 1. The lowest BCUT2D eigenvalue weighted by atomic mass is 10.1. The average Bonchev–Trinajstić information content (AvgIpc) is 3.43. The Labute approximate surface area is 217 Å². The van der Waals surface area contributed by atoms with E-state index >= 15 is 4.39 Å². The van der Waals surface area contributed by atoms with Gasteiger partial charge >= 0.3 is 18.0 Å². The van der Waals surface area contributed by atoms with E-state index in [-0.39, 0.29) is 28.4 Å². The van der Waals surface area contributed by atoms with E-state index in [2.05, 4.69) is 5.10 Å². The van der Waals surface area contributed by atoms with E-state index in [9.17, 15) is 19.5 Å². The number of carboxylic acids is 1. The van der Waals surface area contributed by atoms with Crippen molar-refractivity contribution in [2.24, 2.45) is 0 Å². The van der Waals surface area contributed by atoms with Crippen LogP contribution in [-0.2, 0) is 9.47 Å². The molecular weight excluding hydrogens is 495 g/mol. The number of anilines is 1. The Bertz CT molecular complexity index is 1630. The van der Waals surface area contributed by atoms with Crippen LogP contribution in [0.25, 0.3) is 27.8 Å². The molecule has 1 aliphatic rings. The molecule has 11 heteroatoms. The van der Waals surface area contributed by atoms with Crippen molar-refractivity contribution in [1.29, 1.82) is 0 Å². The maximum Gasteiger partial charge on any atom is 0.414 e. The molecule has 4 aromatic rings. The lowest BCUT2D eigenvalue weighted by Crippen LogP contribution is -2.42. The molecule has 38 heavy (non-hydrogen) atoms. The number of aromatic nitrogens is 3. The lowest BCUT2D eigenvalue weighted by Gasteiger charge is -2.36. The minimum absolute atomic E-state index is 0.119. The van der Waals surface area contributed by atoms with Crippen LogP contribution in [0, 0.1) is 5.82 Å². The van der Waals surface area contributed by atoms with Gasteiger partial charge in [-0.1, -0.05) is 19.1 Å². The maximum atomic E-state index is 15.2. The quantitative estimate of drug-likeness (QED) is 0.362. The van der Waals surface area contributed by atoms with Crippen molar-refractivity contribution >= 4 is 40.1 Å². The number of nitrogens with zero attached hydrogens (tertiary/aromatic N) is 4. The van der Waals surface area contributed by atoms with E-state index in [0.29, 0.717) is 24.3 Å². The molecule has 1 N–H and O–H groups in total. The summed E-state index contributed by atoms with van der Waals surface area (Å²) in [4.78, 5) is 39.2. The molecule has 0 spiro atoms. The molecule has 0 aliphatic carbocycles. The van der Waals surface area contributed by atoms with Gasteiger partial charge in [-0.25, -0.2) is 23.3 Å². The maximum absolute atomic E-state index is 15.2. The zero-order valence-electron chi connectivity index (χ0n) is 21.6. The SMILES string of the molecule is CCC1CN(C(=O)OC(C)(C)C)c2cccc3cc(-c4nn5cc(C(=O)O)cc(F)c5c4C(=O)OC)n1c23. The van der Waals surface area contributed by atoms with Crippen molar-refractivity contribution < 1.29 is 33.4 Å². The van der Waals surface area contributed by atoms with Gasteiger partial charge < -0.3 is 19.1 Å². The molecule has 4 heterocycles. The third-order valence-corrected chi connectivity index (χ3v) is 6.53. The summed E-state index contributed by atoms with van der Waals surface area (Å²) >= 11 is 0. The van der Waals surface area contributed by atoms with E-state index in [4.69, 9.17) is 9.47 Å². The molecule has 1 atom stereocenters. The van der Waals surface area contributed by atoms with E-state index in [1.165, 1.54) is 7.11 Å². The summed E-state index contributed by atoms with van der Waals surface area (Å²) in [7, 11) is 1.18. The van der Waals surface area contributed by atoms with E-state index in [1.807, 2.05) is 35.8 Å². The van der Waals surface area contributed by atoms with Crippen molar-refractivity contribution in [2.45, 2.75) is 45.8 Å². The number of ether oxygens (including phenoxy) is 2. The van der Waals surface area contributed by atoms with Gasteiger partial charge in [-0.05, 0) is 45.4 Å². The zero-order chi connectivity index (χ0) is 27.5. The van der Waals surface area contributed by atoms with Crippen LogP contribution < -0.4 is 4.90 Å². The Balaban J connectivity index is 1.80. The number of benzene rings is 1. The van der Waals surface area contributed by atoms with Crippen LogP contribution in [0.2, 0.25) is 0 Å². The highest BCUT2D eigenvalue weighted by Gasteiger charge is 2.36. The summed E-state index contributed by atoms with van der Waals surface area (Å²) in [5, 5.41) is 14.6. The average molecular weight is 523 g/mol. The molecule has 1 amide bonds. The molecule has 0 fully saturated rings. The minimum atomic E-state index is -1.33. The van der Waals surface area contributed by atoms with E-state index in [0.717, 1.165) is 27.7 Å². The second-order valence-corrected chi connectivity index (χ2v) is 10.2. The highest BCUT2D eigenvalue weighted by Crippen LogP contribution is 2.43. The standard InChI is InChI=1S/C27H27FN4O6/c1-6-16-13-30(26(36)38-27(2,3)4)18-9-7-8-14-11-19(32(16)22(14)18)21-20(25(35)37-5)23-17(28)10-15(24(33)34)12-31(23)29-21/h7-12,16H,6,13H2,1-5H3,(H,33,34). The molecule has 1 unspecified atom stereocenters. The number of amides is 1. The third kappa shape index (κ3) is 3.94. The first-order valence-corrected chi connectivity index (χ1v) is 12.1. The van der Waals surface area contributed by atoms with Crippen LogP contribution in [0.4, 0.5) is 14.9 Å². The molecule has 0 saturated heterocycles. The van der Waals surface area contributed by atoms with E-state index in [1.54, 1.807) is 25.7 Å². The fraction of sp³-hybridized carbons (Fsp3) is 0.333. The van der Waals surface area contributed by atoms with Crippen molar-refractivity contribution in [2.75, 3.05) is 18.6 Å². The Morgan fingerprint density at radius 2 is 1.92 bits per heavy atom. The van der Waals surface area contributed by atoms with Crippen molar-refractivity contribution in [3.8, 4) is 11.4 Å². The number of hydrogen-bond donors (Lipinski definition) is 1. The number of carbonyl (C=O) groups excluding carboxylic acids is 2. The van der Waals surface area contributed by atoms with Crippen LogP contribution in [0.1, 0.15) is 60.9 Å². The number of aromatic carboxylic acids is 1. The number of pyridine rings is 1. The Morgan fingerprint density at radius 1 is 1.18 bits per heavy atom. The first-order chi connectivity index (χ1) is 17.9. The van der Waals surface area contributed by atoms with Gasteiger partial charge in [-0.15, -0.1) is 0 Å². The van der Waals surface area contributed by atoms with Crippen molar-refractivity contribution in [3.63, 3.8) is 0 Å². The van der Waals surface area contributed by atoms with Gasteiger partial charge in [0.1, 0.15) is 22.4 Å². The van der Waals surface area contributed by atoms with E-state index < -0.39 is 29.5 Å². The molecule has 0 saturated carbocycles. The molecular formula is C27H27FN4O6. The number of methoxy groups -OCH3 is 1. The number of carbonyl (C=O) groups is 3. The highest BCUT2D eigenvalue weighted by atomic mass is 19.1. The summed E-state index contributed by atoms with van der Waals surface area (Å²) < 4.78 is 28.9. The fourth-order valence-electron chi connectivity index (χ4n) is 4.96. The summed E-state index contributed by atoms with van der Waals surface area (Å²) in [6.07, 6.45) is 1.31.